The van der Waals surface area contributed by atoms with Crippen LogP contribution in [0.1, 0.15) is 20.8 Å². The highest BCUT2D eigenvalue weighted by Gasteiger charge is 2.12. The van der Waals surface area contributed by atoms with Gasteiger partial charge in [-0.05, 0) is 42.3 Å². The van der Waals surface area contributed by atoms with Crippen LogP contribution in [0.5, 0.6) is 5.75 Å². The van der Waals surface area contributed by atoms with Gasteiger partial charge in [-0.3, -0.25) is 4.79 Å². The van der Waals surface area contributed by atoms with Crippen molar-refractivity contribution in [2.75, 3.05) is 7.11 Å². The van der Waals surface area contributed by atoms with Gasteiger partial charge < -0.3 is 4.74 Å². The van der Waals surface area contributed by atoms with Crippen molar-refractivity contribution in [3.63, 3.8) is 0 Å². The molecular weight excluding hydrogens is 334 g/mol. The average Bonchev–Trinajstić information content (AvgIpc) is 3.12. The van der Waals surface area contributed by atoms with E-state index in [-0.39, 0.29) is 5.91 Å². The van der Waals surface area contributed by atoms with Gasteiger partial charge >= 0.3 is 0 Å². The molecule has 0 aliphatic heterocycles. The molecule has 0 atom stereocenters. The molecule has 1 aromatic heterocycles. The Morgan fingerprint density at radius 2 is 1.96 bits per heavy atom. The minimum atomic E-state index is -0.276. The van der Waals surface area contributed by atoms with Crippen molar-refractivity contribution in [1.82, 2.24) is 10.4 Å². The molecule has 0 spiro atoms. The van der Waals surface area contributed by atoms with Crippen LogP contribution in [-0.4, -0.2) is 24.2 Å². The van der Waals surface area contributed by atoms with Gasteiger partial charge in [0.2, 0.25) is 0 Å². The van der Waals surface area contributed by atoms with Gasteiger partial charge in [-0.15, -0.1) is 11.3 Å². The number of amides is 1. The molecule has 0 fully saturated rings. The summed E-state index contributed by atoms with van der Waals surface area (Å²) in [4.78, 5) is 17.1. The van der Waals surface area contributed by atoms with Gasteiger partial charge in [0, 0.05) is 5.56 Å². The van der Waals surface area contributed by atoms with Crippen LogP contribution < -0.4 is 10.2 Å². The van der Waals surface area contributed by atoms with Crippen LogP contribution in [0, 0.1) is 6.92 Å². The van der Waals surface area contributed by atoms with E-state index in [4.69, 9.17) is 4.74 Å². The van der Waals surface area contributed by atoms with Crippen LogP contribution in [0.15, 0.2) is 59.8 Å². The summed E-state index contributed by atoms with van der Waals surface area (Å²) < 4.78 is 5.10. The van der Waals surface area contributed by atoms with Crippen LogP contribution in [0.2, 0.25) is 0 Å². The first-order chi connectivity index (χ1) is 12.2. The van der Waals surface area contributed by atoms with E-state index in [1.54, 1.807) is 19.5 Å². The van der Waals surface area contributed by atoms with Crippen molar-refractivity contribution >= 4 is 23.5 Å². The third-order valence-electron chi connectivity index (χ3n) is 3.60. The van der Waals surface area contributed by atoms with E-state index in [0.717, 1.165) is 27.4 Å². The Morgan fingerprint density at radius 1 is 1.20 bits per heavy atom. The zero-order valence-corrected chi connectivity index (χ0v) is 14.7. The second-order valence-corrected chi connectivity index (χ2v) is 6.35. The highest BCUT2D eigenvalue weighted by Crippen LogP contribution is 2.27. The molecule has 3 aromatic rings. The number of carbonyl (C=O) groups is 1. The molecule has 25 heavy (non-hydrogen) atoms. The summed E-state index contributed by atoms with van der Waals surface area (Å²) >= 11 is 1.35. The van der Waals surface area contributed by atoms with Crippen LogP contribution in [0.3, 0.4) is 0 Å². The quantitative estimate of drug-likeness (QED) is 0.560. The lowest BCUT2D eigenvalue weighted by Gasteiger charge is -2.00. The van der Waals surface area contributed by atoms with Gasteiger partial charge in [-0.1, -0.05) is 24.3 Å². The second kappa shape index (κ2) is 7.72. The van der Waals surface area contributed by atoms with Crippen LogP contribution in [0.25, 0.3) is 10.6 Å². The monoisotopic (exact) mass is 351 g/mol. The number of aryl methyl sites for hydroxylation is 1. The first-order valence-corrected chi connectivity index (χ1v) is 8.48. The minimum Gasteiger partial charge on any atom is -0.497 e. The number of methoxy groups -OCH3 is 1. The number of rotatable bonds is 5. The van der Waals surface area contributed by atoms with E-state index in [2.05, 4.69) is 15.5 Å². The Hall–Kier alpha value is -2.99. The number of hydrogen-bond donors (Lipinski definition) is 1. The van der Waals surface area contributed by atoms with Crippen LogP contribution in [0.4, 0.5) is 0 Å². The van der Waals surface area contributed by atoms with Gasteiger partial charge in [0.1, 0.15) is 15.6 Å². The Labute approximate surface area is 150 Å². The summed E-state index contributed by atoms with van der Waals surface area (Å²) in [5.74, 6) is 0.497. The number of aromatic nitrogens is 1. The van der Waals surface area contributed by atoms with E-state index in [0.29, 0.717) is 4.88 Å². The number of hydrazone groups is 1. The molecule has 0 bridgehead atoms. The topological polar surface area (TPSA) is 63.6 Å². The predicted molar refractivity (Wildman–Crippen MR) is 100 cm³/mol. The summed E-state index contributed by atoms with van der Waals surface area (Å²) in [6.45, 7) is 2.02. The molecule has 0 saturated carbocycles. The predicted octanol–water partition coefficient (Wildman–Crippen LogP) is 3.89. The molecule has 3 rings (SSSR count). The lowest BCUT2D eigenvalue weighted by molar-refractivity contribution is 0.0959. The van der Waals surface area contributed by atoms with Gasteiger partial charge in [0.05, 0.1) is 19.5 Å². The lowest BCUT2D eigenvalue weighted by Crippen LogP contribution is -2.16. The Balaban J connectivity index is 1.65. The fourth-order valence-corrected chi connectivity index (χ4v) is 3.12. The molecule has 6 heteroatoms. The van der Waals surface area contributed by atoms with Crippen molar-refractivity contribution in [2.24, 2.45) is 5.10 Å². The maximum atomic E-state index is 12.2. The molecule has 0 unspecified atom stereocenters. The number of benzene rings is 2. The molecule has 5 nitrogen and oxygen atoms in total. The van der Waals surface area contributed by atoms with Crippen molar-refractivity contribution in [2.45, 2.75) is 6.92 Å². The summed E-state index contributed by atoms with van der Waals surface area (Å²) in [6.07, 6.45) is 3.16. The molecule has 1 amide bonds. The number of hydrogen-bond acceptors (Lipinski definition) is 5. The number of thiazole rings is 1. The Morgan fingerprint density at radius 3 is 2.68 bits per heavy atom. The van der Waals surface area contributed by atoms with Gasteiger partial charge in [-0.25, -0.2) is 10.4 Å². The fourth-order valence-electron chi connectivity index (χ4n) is 2.23. The first kappa shape index (κ1) is 16.9. The normalized spacial score (nSPS) is 10.8. The molecule has 0 aliphatic rings. The highest BCUT2D eigenvalue weighted by atomic mass is 32.1. The maximum Gasteiger partial charge on any atom is 0.283 e. The van der Waals surface area contributed by atoms with Gasteiger partial charge in [0.15, 0.2) is 0 Å². The lowest BCUT2D eigenvalue weighted by atomic mass is 10.1. The molecule has 2 aromatic carbocycles. The first-order valence-electron chi connectivity index (χ1n) is 7.66. The minimum absolute atomic E-state index is 0.276. The van der Waals surface area contributed by atoms with Crippen LogP contribution >= 0.6 is 11.3 Å². The van der Waals surface area contributed by atoms with Crippen LogP contribution in [-0.2, 0) is 0 Å². The molecule has 0 aliphatic carbocycles. The zero-order valence-electron chi connectivity index (χ0n) is 13.9. The summed E-state index contributed by atoms with van der Waals surface area (Å²) in [5, 5.41) is 4.81. The molecule has 126 valence electrons. The number of nitrogens with zero attached hydrogens (tertiary/aromatic N) is 2. The second-order valence-electron chi connectivity index (χ2n) is 5.32. The smallest absolute Gasteiger partial charge is 0.283 e. The van der Waals surface area contributed by atoms with E-state index >= 15 is 0 Å². The number of ether oxygens (including phenoxy) is 1. The standard InChI is InChI=1S/C19H17N3O2S/c1-13-5-3-4-6-16(13)19-20-12-17(25-19)18(23)22-21-11-14-7-9-15(24-2)10-8-14/h3-12H,1-2H3,(H,22,23)/b21-11+. The average molecular weight is 351 g/mol. The summed E-state index contributed by atoms with van der Waals surface area (Å²) in [7, 11) is 1.61. The number of carbonyl (C=O) groups excluding carboxylic acids is 1. The van der Waals surface area contributed by atoms with Crippen molar-refractivity contribution < 1.29 is 9.53 Å². The van der Waals surface area contributed by atoms with Gasteiger partial charge in [-0.2, -0.15) is 5.10 Å². The fraction of sp³-hybridized carbons (Fsp3) is 0.105. The number of nitrogens with one attached hydrogen (secondary N) is 1. The molecule has 0 radical (unpaired) electrons. The summed E-state index contributed by atoms with van der Waals surface area (Å²) in [6, 6.07) is 15.3. The van der Waals surface area contributed by atoms with Crippen molar-refractivity contribution in [1.29, 1.82) is 0 Å². The van der Waals surface area contributed by atoms with E-state index in [1.807, 2.05) is 55.5 Å². The third-order valence-corrected chi connectivity index (χ3v) is 4.63. The third kappa shape index (κ3) is 4.10. The molecule has 1 heterocycles. The van der Waals surface area contributed by atoms with E-state index in [9.17, 15) is 4.79 Å². The molecule has 0 saturated heterocycles. The van der Waals surface area contributed by atoms with Crippen molar-refractivity contribution in [3.05, 3.63) is 70.7 Å². The maximum absolute atomic E-state index is 12.2. The highest BCUT2D eigenvalue weighted by molar-refractivity contribution is 7.16. The zero-order chi connectivity index (χ0) is 17.6. The SMILES string of the molecule is COc1ccc(/C=N/NC(=O)c2cnc(-c3ccccc3C)s2)cc1. The molecular formula is C19H17N3O2S. The van der Waals surface area contributed by atoms with E-state index in [1.165, 1.54) is 11.3 Å². The Bertz CT molecular complexity index is 901. The molecule has 1 N–H and O–H groups in total. The van der Waals surface area contributed by atoms with E-state index < -0.39 is 0 Å². The van der Waals surface area contributed by atoms with Gasteiger partial charge in [0.25, 0.3) is 5.91 Å². The summed E-state index contributed by atoms with van der Waals surface area (Å²) in [5.41, 5.74) is 5.55. The largest absolute Gasteiger partial charge is 0.497 e. The Kier molecular flexibility index (Phi) is 5.20. The van der Waals surface area contributed by atoms with Crippen molar-refractivity contribution in [3.8, 4) is 16.3 Å².